The van der Waals surface area contributed by atoms with Gasteiger partial charge in [-0.25, -0.2) is 4.79 Å². The first-order valence-corrected chi connectivity index (χ1v) is 6.26. The van der Waals surface area contributed by atoms with Gasteiger partial charge >= 0.3 is 12.6 Å². The van der Waals surface area contributed by atoms with E-state index >= 15 is 0 Å². The summed E-state index contributed by atoms with van der Waals surface area (Å²) in [5.74, 6) is -0.551. The van der Waals surface area contributed by atoms with Gasteiger partial charge in [0.15, 0.2) is 11.5 Å². The van der Waals surface area contributed by atoms with Crippen molar-refractivity contribution < 1.29 is 27.8 Å². The zero-order valence-electron chi connectivity index (χ0n) is 12.4. The maximum atomic E-state index is 12.4. The molecule has 0 saturated heterocycles. The lowest BCUT2D eigenvalue weighted by Crippen LogP contribution is -2.22. The Balaban J connectivity index is 2.99. The van der Waals surface area contributed by atoms with Crippen LogP contribution in [0.5, 0.6) is 11.5 Å². The Morgan fingerprint density at radius 2 is 1.95 bits per heavy atom. The van der Waals surface area contributed by atoms with E-state index in [4.69, 9.17) is 9.47 Å². The Morgan fingerprint density at radius 3 is 2.48 bits per heavy atom. The van der Waals surface area contributed by atoms with E-state index in [-0.39, 0.29) is 11.5 Å². The second-order valence-electron chi connectivity index (χ2n) is 5.12. The number of rotatable bonds is 5. The van der Waals surface area contributed by atoms with Crippen LogP contribution in [0.15, 0.2) is 24.3 Å². The van der Waals surface area contributed by atoms with Crippen molar-refractivity contribution in [2.24, 2.45) is 0 Å². The van der Waals surface area contributed by atoms with Crippen molar-refractivity contribution in [2.45, 2.75) is 33.0 Å². The van der Waals surface area contributed by atoms with Gasteiger partial charge < -0.3 is 14.2 Å². The Morgan fingerprint density at radius 1 is 1.29 bits per heavy atom. The first-order valence-electron chi connectivity index (χ1n) is 6.26. The van der Waals surface area contributed by atoms with E-state index in [1.54, 1.807) is 26.8 Å². The van der Waals surface area contributed by atoms with Gasteiger partial charge in [-0.3, -0.25) is 0 Å². The molecule has 1 rings (SSSR count). The maximum Gasteiger partial charge on any atom is 0.387 e. The van der Waals surface area contributed by atoms with E-state index in [0.717, 1.165) is 6.08 Å². The van der Waals surface area contributed by atoms with Crippen LogP contribution in [0.4, 0.5) is 8.78 Å². The number of benzene rings is 1. The molecule has 6 heteroatoms. The minimum absolute atomic E-state index is 0.130. The molecule has 0 N–H and O–H groups in total. The molecule has 0 aromatic heterocycles. The van der Waals surface area contributed by atoms with Crippen LogP contribution < -0.4 is 9.47 Å². The quantitative estimate of drug-likeness (QED) is 0.615. The molecule has 116 valence electrons. The molecule has 0 bridgehead atoms. The van der Waals surface area contributed by atoms with Gasteiger partial charge in [-0.05, 0) is 32.9 Å². The third-order valence-corrected chi connectivity index (χ3v) is 2.24. The standard InChI is InChI=1S/C15H18F2O4/c1-15(2,3)21-12(18)9-8-10-6-5-7-11(19-4)13(10)20-14(16)17/h5-9,14H,1-4H3/b9-8+. The SMILES string of the molecule is COc1cccc(/C=C/C(=O)OC(C)(C)C)c1OC(F)F. The van der Waals surface area contributed by atoms with Gasteiger partial charge in [0.25, 0.3) is 0 Å². The smallest absolute Gasteiger partial charge is 0.387 e. The van der Waals surface area contributed by atoms with Crippen LogP contribution in [0.3, 0.4) is 0 Å². The fraction of sp³-hybridized carbons (Fsp3) is 0.400. The minimum atomic E-state index is -2.99. The lowest BCUT2D eigenvalue weighted by molar-refractivity contribution is -0.148. The Hall–Kier alpha value is -2.11. The van der Waals surface area contributed by atoms with Crippen molar-refractivity contribution in [1.82, 2.24) is 0 Å². The van der Waals surface area contributed by atoms with Crippen LogP contribution in [0.2, 0.25) is 0 Å². The van der Waals surface area contributed by atoms with Gasteiger partial charge in [-0.1, -0.05) is 12.1 Å². The average Bonchev–Trinajstić information content (AvgIpc) is 2.34. The maximum absolute atomic E-state index is 12.4. The molecule has 1 aromatic rings. The highest BCUT2D eigenvalue weighted by molar-refractivity contribution is 5.88. The predicted octanol–water partition coefficient (Wildman–Crippen LogP) is 3.65. The molecule has 1 aromatic carbocycles. The van der Waals surface area contributed by atoms with Crippen molar-refractivity contribution in [1.29, 1.82) is 0 Å². The summed E-state index contributed by atoms with van der Waals surface area (Å²) in [7, 11) is 1.34. The molecular weight excluding hydrogens is 282 g/mol. The molecule has 0 saturated carbocycles. The zero-order chi connectivity index (χ0) is 16.0. The molecule has 21 heavy (non-hydrogen) atoms. The lowest BCUT2D eigenvalue weighted by atomic mass is 10.1. The van der Waals surface area contributed by atoms with E-state index in [1.807, 2.05) is 0 Å². The monoisotopic (exact) mass is 300 g/mol. The number of para-hydroxylation sites is 1. The first kappa shape index (κ1) is 16.9. The normalized spacial score (nSPS) is 11.8. The van der Waals surface area contributed by atoms with Crippen LogP contribution in [0, 0.1) is 0 Å². The van der Waals surface area contributed by atoms with Crippen LogP contribution in [0.25, 0.3) is 6.08 Å². The molecule has 0 fully saturated rings. The average molecular weight is 300 g/mol. The van der Waals surface area contributed by atoms with Gasteiger partial charge in [0.1, 0.15) is 5.60 Å². The number of alkyl halides is 2. The molecule has 0 amide bonds. The summed E-state index contributed by atoms with van der Waals surface area (Å²) in [4.78, 5) is 11.6. The van der Waals surface area contributed by atoms with Gasteiger partial charge in [0, 0.05) is 11.6 Å². The van der Waals surface area contributed by atoms with Crippen LogP contribution in [-0.4, -0.2) is 25.3 Å². The molecular formula is C15H18F2O4. The van der Waals surface area contributed by atoms with Crippen LogP contribution in [-0.2, 0) is 9.53 Å². The van der Waals surface area contributed by atoms with Gasteiger partial charge in [-0.15, -0.1) is 0 Å². The highest BCUT2D eigenvalue weighted by atomic mass is 19.3. The summed E-state index contributed by atoms with van der Waals surface area (Å²) < 4.78 is 39.4. The largest absolute Gasteiger partial charge is 0.493 e. The van der Waals surface area contributed by atoms with Crippen LogP contribution >= 0.6 is 0 Å². The number of halogens is 2. The number of methoxy groups -OCH3 is 1. The lowest BCUT2D eigenvalue weighted by Gasteiger charge is -2.18. The number of carbonyl (C=O) groups is 1. The molecule has 0 heterocycles. The van der Waals surface area contributed by atoms with Gasteiger partial charge in [0.05, 0.1) is 7.11 Å². The number of esters is 1. The predicted molar refractivity (Wildman–Crippen MR) is 74.5 cm³/mol. The fourth-order valence-corrected chi connectivity index (χ4v) is 1.53. The number of carbonyl (C=O) groups excluding carboxylic acids is 1. The van der Waals surface area contributed by atoms with E-state index in [2.05, 4.69) is 4.74 Å². The van der Waals surface area contributed by atoms with E-state index in [9.17, 15) is 13.6 Å². The number of hydrogen-bond donors (Lipinski definition) is 0. The molecule has 4 nitrogen and oxygen atoms in total. The van der Waals surface area contributed by atoms with Gasteiger partial charge in [0.2, 0.25) is 0 Å². The van der Waals surface area contributed by atoms with Crippen molar-refractivity contribution in [3.63, 3.8) is 0 Å². The second kappa shape index (κ2) is 7.06. The summed E-state index contributed by atoms with van der Waals surface area (Å²) in [6.45, 7) is 2.20. The van der Waals surface area contributed by atoms with E-state index < -0.39 is 18.2 Å². The third-order valence-electron chi connectivity index (χ3n) is 2.24. The Kier molecular flexibility index (Phi) is 5.69. The highest BCUT2D eigenvalue weighted by Gasteiger charge is 2.16. The van der Waals surface area contributed by atoms with Gasteiger partial charge in [-0.2, -0.15) is 8.78 Å². The molecule has 0 spiro atoms. The Bertz CT molecular complexity index is 519. The Labute approximate surface area is 122 Å². The summed E-state index contributed by atoms with van der Waals surface area (Å²) in [6, 6.07) is 4.62. The minimum Gasteiger partial charge on any atom is -0.493 e. The summed E-state index contributed by atoms with van der Waals surface area (Å²) in [6.07, 6.45) is 2.49. The van der Waals surface area contributed by atoms with Crippen molar-refractivity contribution >= 4 is 12.0 Å². The fourth-order valence-electron chi connectivity index (χ4n) is 1.53. The molecule has 0 radical (unpaired) electrons. The highest BCUT2D eigenvalue weighted by Crippen LogP contribution is 2.33. The van der Waals surface area contributed by atoms with Crippen LogP contribution in [0.1, 0.15) is 26.3 Å². The molecule has 0 aliphatic heterocycles. The molecule has 0 aliphatic rings. The summed E-state index contributed by atoms with van der Waals surface area (Å²) in [5.41, 5.74) is -0.335. The molecule has 0 atom stereocenters. The second-order valence-corrected chi connectivity index (χ2v) is 5.12. The number of hydrogen-bond acceptors (Lipinski definition) is 4. The topological polar surface area (TPSA) is 44.8 Å². The van der Waals surface area contributed by atoms with E-state index in [0.29, 0.717) is 5.56 Å². The zero-order valence-corrected chi connectivity index (χ0v) is 12.4. The molecule has 0 unspecified atom stereocenters. The van der Waals surface area contributed by atoms with Crippen molar-refractivity contribution in [3.8, 4) is 11.5 Å². The van der Waals surface area contributed by atoms with E-state index in [1.165, 1.54) is 25.3 Å². The summed E-state index contributed by atoms with van der Waals surface area (Å²) >= 11 is 0. The van der Waals surface area contributed by atoms with Crippen molar-refractivity contribution in [3.05, 3.63) is 29.8 Å². The first-order chi connectivity index (χ1) is 9.73. The molecule has 0 aliphatic carbocycles. The number of ether oxygens (including phenoxy) is 3. The third kappa shape index (κ3) is 5.81. The summed E-state index contributed by atoms with van der Waals surface area (Å²) in [5, 5.41) is 0. The van der Waals surface area contributed by atoms with Crippen molar-refractivity contribution in [2.75, 3.05) is 7.11 Å².